The minimum absolute atomic E-state index is 0.165. The van der Waals surface area contributed by atoms with Gasteiger partial charge in [0.1, 0.15) is 5.52 Å². The zero-order valence-electron chi connectivity index (χ0n) is 12.4. The maximum Gasteiger partial charge on any atom is 0.244 e. The largest absolute Gasteiger partial charge is 0.437 e. The normalized spacial score (nSPS) is 22.2. The first kappa shape index (κ1) is 14.8. The van der Waals surface area contributed by atoms with E-state index in [1.165, 1.54) is 6.08 Å². The summed E-state index contributed by atoms with van der Waals surface area (Å²) in [4.78, 5) is 16.1. The third kappa shape index (κ3) is 3.74. The van der Waals surface area contributed by atoms with Crippen LogP contribution in [0.2, 0.25) is 0 Å². The van der Waals surface area contributed by atoms with Crippen LogP contribution in [0.5, 0.6) is 0 Å². The number of hydrogen-bond acceptors (Lipinski definition) is 4. The summed E-state index contributed by atoms with van der Waals surface area (Å²) in [6.07, 6.45) is 6.53. The van der Waals surface area contributed by atoms with Gasteiger partial charge in [-0.3, -0.25) is 4.79 Å². The van der Waals surface area contributed by atoms with E-state index in [-0.39, 0.29) is 12.0 Å². The average Bonchev–Trinajstić information content (AvgIpc) is 2.94. The molecule has 1 fully saturated rings. The highest BCUT2D eigenvalue weighted by Gasteiger charge is 2.20. The summed E-state index contributed by atoms with van der Waals surface area (Å²) in [6.45, 7) is 0.605. The lowest BCUT2D eigenvalue weighted by atomic mass is 9.87. The van der Waals surface area contributed by atoms with E-state index in [4.69, 9.17) is 4.42 Å². The number of fused-ring (bicyclic) bond motifs is 1. The standard InChI is InChI=1S/C17H20N2O3/c20-13-5-3-4-12(10-13)11-18-16(21)8-9-17-19-14-6-1-2-7-15(14)22-17/h1-2,6-9,12-13,20H,3-5,10-11H2,(H,18,21)/b9-8+. The topological polar surface area (TPSA) is 75.4 Å². The fourth-order valence-electron chi connectivity index (χ4n) is 2.86. The summed E-state index contributed by atoms with van der Waals surface area (Å²) in [5, 5.41) is 12.5. The van der Waals surface area contributed by atoms with Gasteiger partial charge >= 0.3 is 0 Å². The molecule has 1 amide bonds. The van der Waals surface area contributed by atoms with E-state index in [9.17, 15) is 9.90 Å². The molecular formula is C17H20N2O3. The molecule has 1 aliphatic carbocycles. The number of amides is 1. The molecule has 2 unspecified atom stereocenters. The van der Waals surface area contributed by atoms with Crippen LogP contribution < -0.4 is 5.32 Å². The first-order chi connectivity index (χ1) is 10.7. The molecule has 1 aromatic carbocycles. The second kappa shape index (κ2) is 6.75. The molecule has 1 heterocycles. The Hall–Kier alpha value is -2.14. The monoisotopic (exact) mass is 300 g/mol. The Bertz CT molecular complexity index is 644. The quantitative estimate of drug-likeness (QED) is 0.851. The number of rotatable bonds is 4. The third-order valence-electron chi connectivity index (χ3n) is 4.01. The Morgan fingerprint density at radius 3 is 3.09 bits per heavy atom. The van der Waals surface area contributed by atoms with E-state index >= 15 is 0 Å². The highest BCUT2D eigenvalue weighted by Crippen LogP contribution is 2.23. The molecule has 1 saturated carbocycles. The number of nitrogens with zero attached hydrogens (tertiary/aromatic N) is 1. The number of hydrogen-bond donors (Lipinski definition) is 2. The predicted molar refractivity (Wildman–Crippen MR) is 84.0 cm³/mol. The molecule has 5 nitrogen and oxygen atoms in total. The smallest absolute Gasteiger partial charge is 0.244 e. The number of benzene rings is 1. The summed E-state index contributed by atoms with van der Waals surface area (Å²) in [5.41, 5.74) is 1.48. The van der Waals surface area contributed by atoms with Gasteiger partial charge in [0.05, 0.1) is 6.10 Å². The van der Waals surface area contributed by atoms with Crippen molar-refractivity contribution in [1.29, 1.82) is 0 Å². The van der Waals surface area contributed by atoms with Gasteiger partial charge in [0.2, 0.25) is 11.8 Å². The fraction of sp³-hybridized carbons (Fsp3) is 0.412. The minimum Gasteiger partial charge on any atom is -0.437 e. The number of oxazole rings is 1. The van der Waals surface area contributed by atoms with Crippen LogP contribution in [0.4, 0.5) is 0 Å². The van der Waals surface area contributed by atoms with Gasteiger partial charge in [-0.1, -0.05) is 18.6 Å². The van der Waals surface area contributed by atoms with Crippen LogP contribution in [0.25, 0.3) is 17.2 Å². The molecular weight excluding hydrogens is 280 g/mol. The van der Waals surface area contributed by atoms with Crippen molar-refractivity contribution in [2.75, 3.05) is 6.54 Å². The van der Waals surface area contributed by atoms with E-state index in [1.807, 2.05) is 24.3 Å². The summed E-state index contributed by atoms with van der Waals surface area (Å²) in [6, 6.07) is 7.48. The van der Waals surface area contributed by atoms with E-state index < -0.39 is 0 Å². The van der Waals surface area contributed by atoms with Crippen molar-refractivity contribution in [2.24, 2.45) is 5.92 Å². The maximum atomic E-state index is 11.8. The van der Waals surface area contributed by atoms with Crippen molar-refractivity contribution < 1.29 is 14.3 Å². The molecule has 0 radical (unpaired) electrons. The van der Waals surface area contributed by atoms with Crippen LogP contribution >= 0.6 is 0 Å². The van der Waals surface area contributed by atoms with Crippen LogP contribution in [-0.4, -0.2) is 28.6 Å². The van der Waals surface area contributed by atoms with Gasteiger partial charge in [0, 0.05) is 18.7 Å². The lowest BCUT2D eigenvalue weighted by molar-refractivity contribution is -0.116. The summed E-state index contributed by atoms with van der Waals surface area (Å²) in [7, 11) is 0. The first-order valence-corrected chi connectivity index (χ1v) is 7.70. The molecule has 0 spiro atoms. The molecule has 2 N–H and O–H groups in total. The molecule has 1 aromatic heterocycles. The lowest BCUT2D eigenvalue weighted by Gasteiger charge is -2.25. The Morgan fingerprint density at radius 2 is 2.27 bits per heavy atom. The molecule has 0 aliphatic heterocycles. The first-order valence-electron chi connectivity index (χ1n) is 7.70. The molecule has 2 atom stereocenters. The van der Waals surface area contributed by atoms with E-state index in [2.05, 4.69) is 10.3 Å². The summed E-state index contributed by atoms with van der Waals surface area (Å²) < 4.78 is 5.52. The number of para-hydroxylation sites is 2. The van der Waals surface area contributed by atoms with Crippen LogP contribution in [0.3, 0.4) is 0 Å². The molecule has 1 aliphatic rings. The van der Waals surface area contributed by atoms with Crippen molar-refractivity contribution in [3.05, 3.63) is 36.2 Å². The van der Waals surface area contributed by atoms with Gasteiger partial charge < -0.3 is 14.8 Å². The SMILES string of the molecule is O=C(/C=C/c1nc2ccccc2o1)NCC1CCCC(O)C1. The predicted octanol–water partition coefficient (Wildman–Crippen LogP) is 2.51. The maximum absolute atomic E-state index is 11.8. The molecule has 3 rings (SSSR count). The number of aliphatic hydroxyl groups is 1. The van der Waals surface area contributed by atoms with Gasteiger partial charge in [-0.2, -0.15) is 0 Å². The highest BCUT2D eigenvalue weighted by molar-refractivity contribution is 5.91. The second-order valence-electron chi connectivity index (χ2n) is 5.78. The number of aromatic nitrogens is 1. The fourth-order valence-corrected chi connectivity index (χ4v) is 2.86. The Labute approximate surface area is 129 Å². The minimum atomic E-state index is -0.217. The van der Waals surface area contributed by atoms with Gasteiger partial charge in [-0.25, -0.2) is 4.98 Å². The molecule has 0 saturated heterocycles. The number of aliphatic hydroxyl groups excluding tert-OH is 1. The van der Waals surface area contributed by atoms with Gasteiger partial charge in [0.15, 0.2) is 5.58 Å². The Balaban J connectivity index is 1.52. The highest BCUT2D eigenvalue weighted by atomic mass is 16.3. The summed E-state index contributed by atoms with van der Waals surface area (Å²) >= 11 is 0. The molecule has 0 bridgehead atoms. The van der Waals surface area contributed by atoms with E-state index in [1.54, 1.807) is 6.08 Å². The Kier molecular flexibility index (Phi) is 4.53. The van der Waals surface area contributed by atoms with Crippen molar-refractivity contribution in [1.82, 2.24) is 10.3 Å². The van der Waals surface area contributed by atoms with Gasteiger partial charge in [0.25, 0.3) is 0 Å². The van der Waals surface area contributed by atoms with Gasteiger partial charge in [-0.15, -0.1) is 0 Å². The van der Waals surface area contributed by atoms with Crippen LogP contribution in [0.15, 0.2) is 34.8 Å². The second-order valence-corrected chi connectivity index (χ2v) is 5.78. The zero-order valence-corrected chi connectivity index (χ0v) is 12.4. The van der Waals surface area contributed by atoms with Crippen molar-refractivity contribution in [3.8, 4) is 0 Å². The van der Waals surface area contributed by atoms with Crippen LogP contribution in [0.1, 0.15) is 31.6 Å². The van der Waals surface area contributed by atoms with Crippen molar-refractivity contribution in [3.63, 3.8) is 0 Å². The number of nitrogens with one attached hydrogen (secondary N) is 1. The Morgan fingerprint density at radius 1 is 1.41 bits per heavy atom. The summed E-state index contributed by atoms with van der Waals surface area (Å²) in [5.74, 6) is 0.622. The van der Waals surface area contributed by atoms with E-state index in [0.717, 1.165) is 31.2 Å². The lowest BCUT2D eigenvalue weighted by Crippen LogP contribution is -2.32. The number of carbonyl (C=O) groups is 1. The van der Waals surface area contributed by atoms with E-state index in [0.29, 0.717) is 23.9 Å². The van der Waals surface area contributed by atoms with Crippen molar-refractivity contribution >= 4 is 23.1 Å². The molecule has 22 heavy (non-hydrogen) atoms. The van der Waals surface area contributed by atoms with Crippen molar-refractivity contribution in [2.45, 2.75) is 31.8 Å². The average molecular weight is 300 g/mol. The zero-order chi connectivity index (χ0) is 15.4. The van der Waals surface area contributed by atoms with Crippen LogP contribution in [-0.2, 0) is 4.79 Å². The van der Waals surface area contributed by atoms with Crippen LogP contribution in [0, 0.1) is 5.92 Å². The molecule has 2 aromatic rings. The number of carbonyl (C=O) groups excluding carboxylic acids is 1. The molecule has 116 valence electrons. The van der Waals surface area contributed by atoms with Gasteiger partial charge in [-0.05, 0) is 37.3 Å². The third-order valence-corrected chi connectivity index (χ3v) is 4.01. The molecule has 5 heteroatoms.